The summed E-state index contributed by atoms with van der Waals surface area (Å²) in [7, 11) is 1.74. The molecule has 1 saturated heterocycles. The summed E-state index contributed by atoms with van der Waals surface area (Å²) in [5, 5.41) is 4.12. The van der Waals surface area contributed by atoms with Crippen LogP contribution in [0.15, 0.2) is 24.5 Å². The number of fused-ring (bicyclic) bond motifs is 1. The number of ether oxygens (including phenoxy) is 1. The first-order valence-electron chi connectivity index (χ1n) is 12.1. The quantitative estimate of drug-likeness (QED) is 0.586. The summed E-state index contributed by atoms with van der Waals surface area (Å²) in [6.07, 6.45) is 13.4. The Hall–Kier alpha value is -1.99. The molecule has 32 heavy (non-hydrogen) atoms. The van der Waals surface area contributed by atoms with Crippen LogP contribution in [0.4, 0.5) is 0 Å². The van der Waals surface area contributed by atoms with Crippen LogP contribution in [-0.2, 0) is 9.53 Å². The Morgan fingerprint density at radius 2 is 2.00 bits per heavy atom. The van der Waals surface area contributed by atoms with E-state index in [2.05, 4.69) is 15.2 Å². The summed E-state index contributed by atoms with van der Waals surface area (Å²) >= 11 is 1.49. The Morgan fingerprint density at radius 3 is 2.78 bits per heavy atom. The van der Waals surface area contributed by atoms with Crippen molar-refractivity contribution in [3.8, 4) is 0 Å². The maximum atomic E-state index is 13.0. The molecule has 4 rings (SSSR count). The van der Waals surface area contributed by atoms with E-state index in [0.717, 1.165) is 73.0 Å². The van der Waals surface area contributed by atoms with Crippen LogP contribution in [0.25, 0.3) is 10.1 Å². The number of unbranched alkanes of at least 4 members (excludes halogenated alkanes) is 1. The van der Waals surface area contributed by atoms with Gasteiger partial charge in [0.1, 0.15) is 0 Å². The first-order chi connectivity index (χ1) is 15.7. The fourth-order valence-electron chi connectivity index (χ4n) is 5.18. The smallest absolute Gasteiger partial charge is 0.261 e. The predicted molar refractivity (Wildman–Crippen MR) is 128 cm³/mol. The molecule has 3 heterocycles. The largest absolute Gasteiger partial charge is 0.381 e. The summed E-state index contributed by atoms with van der Waals surface area (Å²) in [6.45, 7) is 2.48. The van der Waals surface area contributed by atoms with Gasteiger partial charge in [0.15, 0.2) is 0 Å². The Morgan fingerprint density at radius 1 is 1.19 bits per heavy atom. The van der Waals surface area contributed by atoms with E-state index in [1.807, 2.05) is 12.1 Å². The monoisotopic (exact) mass is 457 g/mol. The average Bonchev–Trinajstić information content (AvgIpc) is 3.28. The van der Waals surface area contributed by atoms with Crippen LogP contribution in [0, 0.1) is 11.8 Å². The third kappa shape index (κ3) is 5.67. The maximum Gasteiger partial charge on any atom is 0.261 e. The standard InChI is InChI=1S/C25H35N3O3S/c1-31-21-8-3-2-7-20(21)25(30)28-14-10-18(11-15-28)6-4-5-12-27-24(29)22-16-19-9-13-26-17-23(19)32-22/h9,13,16-18,20-21H,2-8,10-12,14-15H2,1H3,(H,27,29). The van der Waals surface area contributed by atoms with E-state index in [1.54, 1.807) is 19.5 Å². The second kappa shape index (κ2) is 11.2. The minimum atomic E-state index is 0.00935. The van der Waals surface area contributed by atoms with Crippen molar-refractivity contribution in [2.24, 2.45) is 11.8 Å². The van der Waals surface area contributed by atoms with E-state index in [0.29, 0.717) is 18.4 Å². The lowest BCUT2D eigenvalue weighted by atomic mass is 9.84. The summed E-state index contributed by atoms with van der Waals surface area (Å²) in [4.78, 5) is 32.3. The Labute approximate surface area is 194 Å². The summed E-state index contributed by atoms with van der Waals surface area (Å²) < 4.78 is 6.64. The fourth-order valence-corrected chi connectivity index (χ4v) is 6.13. The second-order valence-corrected chi connectivity index (χ2v) is 10.3. The summed E-state index contributed by atoms with van der Waals surface area (Å²) in [5.74, 6) is 1.07. The molecule has 2 aromatic rings. The SMILES string of the molecule is COC1CCCCC1C(=O)N1CCC(CCCCNC(=O)c2cc3ccncc3s2)CC1. The zero-order valence-corrected chi connectivity index (χ0v) is 19.9. The molecular formula is C25H35N3O3S. The van der Waals surface area contributed by atoms with Gasteiger partial charge in [0, 0.05) is 39.1 Å². The summed E-state index contributed by atoms with van der Waals surface area (Å²) in [5.41, 5.74) is 0. The molecule has 7 heteroatoms. The van der Waals surface area contributed by atoms with Gasteiger partial charge in [-0.2, -0.15) is 0 Å². The van der Waals surface area contributed by atoms with Gasteiger partial charge >= 0.3 is 0 Å². The minimum Gasteiger partial charge on any atom is -0.381 e. The molecule has 174 valence electrons. The van der Waals surface area contributed by atoms with Crippen molar-refractivity contribution < 1.29 is 14.3 Å². The molecule has 1 aliphatic heterocycles. The normalized spacial score (nSPS) is 22.2. The Kier molecular flexibility index (Phi) is 8.14. The third-order valence-corrected chi connectivity index (χ3v) is 8.20. The zero-order chi connectivity index (χ0) is 22.3. The number of nitrogens with zero attached hydrogens (tertiary/aromatic N) is 2. The molecule has 2 amide bonds. The first kappa shape index (κ1) is 23.2. The molecule has 0 bridgehead atoms. The highest BCUT2D eigenvalue weighted by atomic mass is 32.1. The number of thiophene rings is 1. The Bertz CT molecular complexity index is 874. The number of nitrogens with one attached hydrogen (secondary N) is 1. The number of methoxy groups -OCH3 is 1. The number of piperidine rings is 1. The van der Waals surface area contributed by atoms with E-state index in [1.165, 1.54) is 24.2 Å². The highest BCUT2D eigenvalue weighted by Gasteiger charge is 2.35. The molecule has 2 aliphatic rings. The summed E-state index contributed by atoms with van der Waals surface area (Å²) in [6, 6.07) is 3.88. The highest BCUT2D eigenvalue weighted by Crippen LogP contribution is 2.30. The van der Waals surface area contributed by atoms with Crippen molar-refractivity contribution in [3.63, 3.8) is 0 Å². The van der Waals surface area contributed by atoms with E-state index < -0.39 is 0 Å². The highest BCUT2D eigenvalue weighted by molar-refractivity contribution is 7.20. The number of amides is 2. The molecule has 1 N–H and O–H groups in total. The number of rotatable bonds is 8. The van der Waals surface area contributed by atoms with Gasteiger partial charge in [-0.1, -0.05) is 25.7 Å². The molecule has 0 radical (unpaired) electrons. The van der Waals surface area contributed by atoms with Gasteiger partial charge in [-0.15, -0.1) is 11.3 Å². The van der Waals surface area contributed by atoms with Crippen molar-refractivity contribution in [1.29, 1.82) is 0 Å². The second-order valence-electron chi connectivity index (χ2n) is 9.21. The molecular weight excluding hydrogens is 422 g/mol. The van der Waals surface area contributed by atoms with Crippen LogP contribution in [0.1, 0.15) is 67.5 Å². The van der Waals surface area contributed by atoms with E-state index in [-0.39, 0.29) is 17.9 Å². The lowest BCUT2D eigenvalue weighted by molar-refractivity contribution is -0.143. The first-order valence-corrected chi connectivity index (χ1v) is 12.9. The lowest BCUT2D eigenvalue weighted by Crippen LogP contribution is -2.46. The molecule has 0 spiro atoms. The van der Waals surface area contributed by atoms with Crippen LogP contribution in [-0.4, -0.2) is 54.5 Å². The van der Waals surface area contributed by atoms with Crippen molar-refractivity contribution in [1.82, 2.24) is 15.2 Å². The van der Waals surface area contributed by atoms with Crippen LogP contribution in [0.2, 0.25) is 0 Å². The molecule has 1 saturated carbocycles. The van der Waals surface area contributed by atoms with Gasteiger partial charge in [-0.25, -0.2) is 0 Å². The maximum absolute atomic E-state index is 13.0. The molecule has 6 nitrogen and oxygen atoms in total. The van der Waals surface area contributed by atoms with Crippen LogP contribution >= 0.6 is 11.3 Å². The molecule has 2 atom stereocenters. The zero-order valence-electron chi connectivity index (χ0n) is 19.1. The molecule has 1 aliphatic carbocycles. The van der Waals surface area contributed by atoms with Crippen LogP contribution in [0.3, 0.4) is 0 Å². The van der Waals surface area contributed by atoms with Crippen molar-refractivity contribution in [2.75, 3.05) is 26.7 Å². The number of carbonyl (C=O) groups is 2. The number of pyridine rings is 1. The molecule has 0 aromatic carbocycles. The lowest BCUT2D eigenvalue weighted by Gasteiger charge is -2.37. The van der Waals surface area contributed by atoms with Crippen LogP contribution in [0.5, 0.6) is 0 Å². The van der Waals surface area contributed by atoms with E-state index in [4.69, 9.17) is 4.74 Å². The van der Waals surface area contributed by atoms with E-state index in [9.17, 15) is 9.59 Å². The number of likely N-dealkylation sites (tertiary alicyclic amines) is 1. The number of hydrogen-bond donors (Lipinski definition) is 1. The number of aromatic nitrogens is 1. The molecule has 2 fully saturated rings. The van der Waals surface area contributed by atoms with Crippen LogP contribution < -0.4 is 5.32 Å². The van der Waals surface area contributed by atoms with E-state index >= 15 is 0 Å². The van der Waals surface area contributed by atoms with Gasteiger partial charge in [0.05, 0.1) is 21.6 Å². The number of hydrogen-bond acceptors (Lipinski definition) is 5. The Balaban J connectivity index is 1.12. The van der Waals surface area contributed by atoms with Crippen molar-refractivity contribution in [2.45, 2.75) is 63.9 Å². The molecule has 2 unspecified atom stereocenters. The molecule has 2 aromatic heterocycles. The predicted octanol–water partition coefficient (Wildman–Crippen LogP) is 4.64. The average molecular weight is 458 g/mol. The number of carbonyl (C=O) groups excluding carboxylic acids is 2. The third-order valence-electron chi connectivity index (χ3n) is 7.12. The van der Waals surface area contributed by atoms with Crippen molar-refractivity contribution >= 4 is 33.2 Å². The topological polar surface area (TPSA) is 71.5 Å². The van der Waals surface area contributed by atoms with Gasteiger partial charge in [0.25, 0.3) is 5.91 Å². The van der Waals surface area contributed by atoms with Gasteiger partial charge < -0.3 is 15.0 Å². The van der Waals surface area contributed by atoms with Crippen molar-refractivity contribution in [3.05, 3.63) is 29.4 Å². The fraction of sp³-hybridized carbons (Fsp3) is 0.640. The van der Waals surface area contributed by atoms with Gasteiger partial charge in [-0.3, -0.25) is 14.6 Å². The minimum absolute atomic E-state index is 0.00935. The van der Waals surface area contributed by atoms with Gasteiger partial charge in [-0.05, 0) is 55.5 Å². The van der Waals surface area contributed by atoms with Gasteiger partial charge in [0.2, 0.25) is 5.91 Å².